The zero-order valence-electron chi connectivity index (χ0n) is 15.8. The van der Waals surface area contributed by atoms with Gasteiger partial charge in [0.25, 0.3) is 11.8 Å². The Morgan fingerprint density at radius 1 is 1.00 bits per heavy atom. The van der Waals surface area contributed by atoms with Crippen LogP contribution < -0.4 is 15.4 Å². The summed E-state index contributed by atoms with van der Waals surface area (Å²) >= 11 is 0. The second-order valence-electron chi connectivity index (χ2n) is 6.29. The van der Waals surface area contributed by atoms with Gasteiger partial charge in [0.15, 0.2) is 5.76 Å². The van der Waals surface area contributed by atoms with E-state index in [1.165, 1.54) is 6.26 Å². The van der Waals surface area contributed by atoms with Gasteiger partial charge in [0.2, 0.25) is 0 Å². The predicted octanol–water partition coefficient (Wildman–Crippen LogP) is 4.88. The first-order valence-corrected chi connectivity index (χ1v) is 9.06. The highest BCUT2D eigenvalue weighted by atomic mass is 16.5. The van der Waals surface area contributed by atoms with Gasteiger partial charge in [0.1, 0.15) is 5.75 Å². The van der Waals surface area contributed by atoms with Crippen LogP contribution in [0.2, 0.25) is 0 Å². The summed E-state index contributed by atoms with van der Waals surface area (Å²) < 4.78 is 10.7. The molecule has 0 saturated heterocycles. The van der Waals surface area contributed by atoms with Gasteiger partial charge in [-0.15, -0.1) is 0 Å². The standard InChI is InChI=1S/C22H22N2O4/c1-3-11-27-18-7-4-6-16(13-18)21(25)24-19-14-17(10-9-15(19)2)23-22(26)20-8-5-12-28-20/h4-10,12-14H,3,11H2,1-2H3,(H,23,26)(H,24,25). The van der Waals surface area contributed by atoms with Gasteiger partial charge in [0, 0.05) is 16.9 Å². The van der Waals surface area contributed by atoms with Crippen LogP contribution in [-0.2, 0) is 0 Å². The third kappa shape index (κ3) is 4.79. The fraction of sp³-hybridized carbons (Fsp3) is 0.182. The van der Waals surface area contributed by atoms with Gasteiger partial charge >= 0.3 is 0 Å². The highest BCUT2D eigenvalue weighted by molar-refractivity contribution is 6.06. The van der Waals surface area contributed by atoms with Gasteiger partial charge in [-0.1, -0.05) is 19.1 Å². The van der Waals surface area contributed by atoms with E-state index in [9.17, 15) is 9.59 Å². The molecule has 0 aliphatic rings. The van der Waals surface area contributed by atoms with Crippen molar-refractivity contribution in [1.82, 2.24) is 0 Å². The molecule has 0 unspecified atom stereocenters. The monoisotopic (exact) mass is 378 g/mol. The molecule has 1 aromatic heterocycles. The number of hydrogen-bond donors (Lipinski definition) is 2. The van der Waals surface area contributed by atoms with E-state index in [0.29, 0.717) is 29.3 Å². The average molecular weight is 378 g/mol. The molecule has 0 saturated carbocycles. The maximum absolute atomic E-state index is 12.6. The molecule has 0 bridgehead atoms. The van der Waals surface area contributed by atoms with Gasteiger partial charge in [0.05, 0.1) is 12.9 Å². The van der Waals surface area contributed by atoms with Crippen LogP contribution in [0.4, 0.5) is 11.4 Å². The molecule has 0 aliphatic heterocycles. The highest BCUT2D eigenvalue weighted by Crippen LogP contribution is 2.22. The summed E-state index contributed by atoms with van der Waals surface area (Å²) in [6.45, 7) is 4.51. The number of benzene rings is 2. The maximum atomic E-state index is 12.6. The van der Waals surface area contributed by atoms with Gasteiger partial charge in [-0.2, -0.15) is 0 Å². The molecule has 0 aliphatic carbocycles. The van der Waals surface area contributed by atoms with Crippen LogP contribution in [-0.4, -0.2) is 18.4 Å². The molecule has 0 radical (unpaired) electrons. The molecule has 0 fully saturated rings. The number of nitrogens with one attached hydrogen (secondary N) is 2. The molecule has 2 amide bonds. The van der Waals surface area contributed by atoms with Crippen molar-refractivity contribution in [2.45, 2.75) is 20.3 Å². The Morgan fingerprint density at radius 2 is 1.86 bits per heavy atom. The van der Waals surface area contributed by atoms with Gasteiger partial charge in [-0.25, -0.2) is 0 Å². The van der Waals surface area contributed by atoms with Crippen LogP contribution in [0.15, 0.2) is 65.3 Å². The summed E-state index contributed by atoms with van der Waals surface area (Å²) in [6.07, 6.45) is 2.33. The van der Waals surface area contributed by atoms with Crippen molar-refractivity contribution < 1.29 is 18.7 Å². The SMILES string of the molecule is CCCOc1cccc(C(=O)Nc2cc(NC(=O)c3ccco3)ccc2C)c1. The number of anilines is 2. The van der Waals surface area contributed by atoms with Crippen LogP contribution in [0.5, 0.6) is 5.75 Å². The maximum Gasteiger partial charge on any atom is 0.291 e. The number of carbonyl (C=O) groups is 2. The third-order valence-electron chi connectivity index (χ3n) is 4.06. The molecule has 144 valence electrons. The first kappa shape index (κ1) is 19.2. The highest BCUT2D eigenvalue weighted by Gasteiger charge is 2.12. The van der Waals surface area contributed by atoms with E-state index in [2.05, 4.69) is 10.6 Å². The van der Waals surface area contributed by atoms with Crippen LogP contribution in [0, 0.1) is 6.92 Å². The Kier molecular flexibility index (Phi) is 6.11. The number of ether oxygens (including phenoxy) is 1. The lowest BCUT2D eigenvalue weighted by Gasteiger charge is -2.12. The Balaban J connectivity index is 1.73. The molecule has 6 heteroatoms. The van der Waals surface area contributed by atoms with Crippen molar-refractivity contribution in [2.75, 3.05) is 17.2 Å². The molecule has 0 atom stereocenters. The lowest BCUT2D eigenvalue weighted by Crippen LogP contribution is -2.14. The molecule has 0 spiro atoms. The normalized spacial score (nSPS) is 10.4. The van der Waals surface area contributed by atoms with Gasteiger partial charge < -0.3 is 19.8 Å². The first-order chi connectivity index (χ1) is 13.6. The second kappa shape index (κ2) is 8.90. The van der Waals surface area contributed by atoms with Crippen LogP contribution >= 0.6 is 0 Å². The summed E-state index contributed by atoms with van der Waals surface area (Å²) in [6, 6.07) is 15.6. The van der Waals surface area contributed by atoms with E-state index in [1.54, 1.807) is 42.5 Å². The van der Waals surface area contributed by atoms with Gasteiger partial charge in [-0.3, -0.25) is 9.59 Å². The number of aryl methyl sites for hydroxylation is 1. The minimum atomic E-state index is -0.355. The number of amides is 2. The van der Waals surface area contributed by atoms with Crippen LogP contribution in [0.3, 0.4) is 0 Å². The topological polar surface area (TPSA) is 80.6 Å². The van der Waals surface area contributed by atoms with Crippen molar-refractivity contribution in [3.05, 3.63) is 77.7 Å². The van der Waals surface area contributed by atoms with Crippen molar-refractivity contribution in [1.29, 1.82) is 0 Å². The second-order valence-corrected chi connectivity index (χ2v) is 6.29. The number of carbonyl (C=O) groups excluding carboxylic acids is 2. The number of furan rings is 1. The molecular formula is C22H22N2O4. The Morgan fingerprint density at radius 3 is 2.61 bits per heavy atom. The fourth-order valence-corrected chi connectivity index (χ4v) is 2.58. The van der Waals surface area contributed by atoms with E-state index in [0.717, 1.165) is 12.0 Å². The molecule has 28 heavy (non-hydrogen) atoms. The largest absolute Gasteiger partial charge is 0.494 e. The van der Waals surface area contributed by atoms with Crippen molar-refractivity contribution in [3.8, 4) is 5.75 Å². The minimum Gasteiger partial charge on any atom is -0.494 e. The minimum absolute atomic E-state index is 0.218. The van der Waals surface area contributed by atoms with E-state index in [4.69, 9.17) is 9.15 Å². The van der Waals surface area contributed by atoms with Crippen molar-refractivity contribution in [2.24, 2.45) is 0 Å². The Hall–Kier alpha value is -3.54. The Labute approximate surface area is 163 Å². The predicted molar refractivity (Wildman–Crippen MR) is 108 cm³/mol. The number of hydrogen-bond acceptors (Lipinski definition) is 4. The summed E-state index contributed by atoms with van der Waals surface area (Å²) in [7, 11) is 0. The molecule has 3 aromatic rings. The van der Waals surface area contributed by atoms with E-state index < -0.39 is 0 Å². The van der Waals surface area contributed by atoms with Gasteiger partial charge in [-0.05, 0) is 61.4 Å². The third-order valence-corrected chi connectivity index (χ3v) is 4.06. The molecule has 2 aromatic carbocycles. The molecule has 1 heterocycles. The molecule has 6 nitrogen and oxygen atoms in total. The van der Waals surface area contributed by atoms with Crippen LogP contribution in [0.25, 0.3) is 0 Å². The molecule has 3 rings (SSSR count). The lowest BCUT2D eigenvalue weighted by atomic mass is 10.1. The van der Waals surface area contributed by atoms with E-state index >= 15 is 0 Å². The first-order valence-electron chi connectivity index (χ1n) is 9.06. The quantitative estimate of drug-likeness (QED) is 0.614. The summed E-state index contributed by atoms with van der Waals surface area (Å²) in [5, 5.41) is 5.64. The van der Waals surface area contributed by atoms with Crippen molar-refractivity contribution in [3.63, 3.8) is 0 Å². The smallest absolute Gasteiger partial charge is 0.291 e. The molecule has 2 N–H and O–H groups in total. The average Bonchev–Trinajstić information content (AvgIpc) is 3.24. The summed E-state index contributed by atoms with van der Waals surface area (Å²) in [4.78, 5) is 24.8. The lowest BCUT2D eigenvalue weighted by molar-refractivity contribution is 0.0995. The fourth-order valence-electron chi connectivity index (χ4n) is 2.58. The zero-order valence-corrected chi connectivity index (χ0v) is 15.8. The Bertz CT molecular complexity index is 964. The van der Waals surface area contributed by atoms with E-state index in [-0.39, 0.29) is 17.6 Å². The van der Waals surface area contributed by atoms with E-state index in [1.807, 2.05) is 26.0 Å². The zero-order chi connectivity index (χ0) is 19.9. The van der Waals surface area contributed by atoms with Crippen molar-refractivity contribution >= 4 is 23.2 Å². The summed E-state index contributed by atoms with van der Waals surface area (Å²) in [5.41, 5.74) is 2.55. The molecular weight excluding hydrogens is 356 g/mol. The van der Waals surface area contributed by atoms with Crippen LogP contribution in [0.1, 0.15) is 39.8 Å². The summed E-state index contributed by atoms with van der Waals surface area (Å²) in [5.74, 6) is 0.271. The number of rotatable bonds is 7.